The molecule has 3 aromatic rings. The molecule has 0 spiro atoms. The summed E-state index contributed by atoms with van der Waals surface area (Å²) >= 11 is 1.61. The number of nitrogens with one attached hydrogen (secondary N) is 2. The maximum absolute atomic E-state index is 11.8. The zero-order valence-corrected chi connectivity index (χ0v) is 18.7. The first-order valence-electron chi connectivity index (χ1n) is 9.57. The summed E-state index contributed by atoms with van der Waals surface area (Å²) in [5, 5.41) is 7.16. The minimum Gasteiger partial charge on any atom is -0.497 e. The number of pyridine rings is 1. The lowest BCUT2D eigenvalue weighted by molar-refractivity contribution is 0.0524. The molecule has 0 bridgehead atoms. The zero-order chi connectivity index (χ0) is 21.7. The molecule has 2 heterocycles. The van der Waals surface area contributed by atoms with Gasteiger partial charge in [-0.25, -0.2) is 9.78 Å². The minimum absolute atomic E-state index is 0.417. The smallest absolute Gasteiger partial charge is 0.407 e. The van der Waals surface area contributed by atoms with Crippen molar-refractivity contribution >= 4 is 33.3 Å². The largest absolute Gasteiger partial charge is 0.497 e. The Balaban J connectivity index is 1.64. The van der Waals surface area contributed by atoms with Crippen molar-refractivity contribution in [3.8, 4) is 11.5 Å². The zero-order valence-electron chi connectivity index (χ0n) is 17.9. The van der Waals surface area contributed by atoms with Gasteiger partial charge in [0.2, 0.25) is 0 Å². The SMILES string of the molecule is COc1ccc(CNc2cc3sc(CNC(=O)OC(C)(C)C)cc3cn2)c(OC)c1. The van der Waals surface area contributed by atoms with Crippen LogP contribution < -0.4 is 20.1 Å². The summed E-state index contributed by atoms with van der Waals surface area (Å²) < 4.78 is 17.0. The molecule has 1 amide bonds. The fourth-order valence-electron chi connectivity index (χ4n) is 2.83. The average molecular weight is 430 g/mol. The number of benzene rings is 1. The Bertz CT molecular complexity index is 1030. The number of thiophene rings is 1. The molecule has 0 aliphatic carbocycles. The lowest BCUT2D eigenvalue weighted by Gasteiger charge is -2.19. The van der Waals surface area contributed by atoms with Crippen LogP contribution in [0.2, 0.25) is 0 Å². The monoisotopic (exact) mass is 429 g/mol. The first-order chi connectivity index (χ1) is 14.3. The van der Waals surface area contributed by atoms with E-state index < -0.39 is 11.7 Å². The Morgan fingerprint density at radius 3 is 2.60 bits per heavy atom. The van der Waals surface area contributed by atoms with Crippen LogP contribution in [0.15, 0.2) is 36.5 Å². The van der Waals surface area contributed by atoms with Crippen LogP contribution in [0.1, 0.15) is 31.2 Å². The van der Waals surface area contributed by atoms with Gasteiger partial charge in [0.25, 0.3) is 0 Å². The van der Waals surface area contributed by atoms with Gasteiger partial charge in [0.15, 0.2) is 0 Å². The Morgan fingerprint density at radius 1 is 1.10 bits per heavy atom. The van der Waals surface area contributed by atoms with Crippen LogP contribution in [-0.2, 0) is 17.8 Å². The molecular formula is C22H27N3O4S. The molecule has 1 aromatic carbocycles. The predicted octanol–water partition coefficient (Wildman–Crippen LogP) is 4.95. The van der Waals surface area contributed by atoms with Crippen molar-refractivity contribution in [3.05, 3.63) is 47.0 Å². The molecule has 3 rings (SSSR count). The van der Waals surface area contributed by atoms with E-state index in [1.165, 1.54) is 0 Å². The predicted molar refractivity (Wildman–Crippen MR) is 120 cm³/mol. The summed E-state index contributed by atoms with van der Waals surface area (Å²) in [4.78, 5) is 17.4. The highest BCUT2D eigenvalue weighted by Gasteiger charge is 2.16. The number of rotatable bonds is 7. The van der Waals surface area contributed by atoms with Gasteiger partial charge in [0.1, 0.15) is 22.9 Å². The number of fused-ring (bicyclic) bond motifs is 1. The molecule has 0 fully saturated rings. The molecule has 160 valence electrons. The molecule has 7 nitrogen and oxygen atoms in total. The normalized spacial score (nSPS) is 11.2. The van der Waals surface area contributed by atoms with Gasteiger partial charge in [-0.15, -0.1) is 11.3 Å². The highest BCUT2D eigenvalue weighted by molar-refractivity contribution is 7.19. The van der Waals surface area contributed by atoms with Gasteiger partial charge in [-0.05, 0) is 45.0 Å². The second-order valence-electron chi connectivity index (χ2n) is 7.71. The Kier molecular flexibility index (Phi) is 6.66. The lowest BCUT2D eigenvalue weighted by atomic mass is 10.2. The summed E-state index contributed by atoms with van der Waals surface area (Å²) in [5.74, 6) is 2.28. The summed E-state index contributed by atoms with van der Waals surface area (Å²) in [6.45, 7) is 6.51. The highest BCUT2D eigenvalue weighted by Crippen LogP contribution is 2.28. The lowest BCUT2D eigenvalue weighted by Crippen LogP contribution is -2.31. The minimum atomic E-state index is -0.513. The first-order valence-corrected chi connectivity index (χ1v) is 10.4. The van der Waals surface area contributed by atoms with Crippen molar-refractivity contribution in [1.82, 2.24) is 10.3 Å². The van der Waals surface area contributed by atoms with Crippen molar-refractivity contribution in [2.24, 2.45) is 0 Å². The van der Waals surface area contributed by atoms with Crippen LogP contribution in [0.4, 0.5) is 10.6 Å². The molecule has 0 aliphatic rings. The van der Waals surface area contributed by atoms with E-state index in [0.29, 0.717) is 13.1 Å². The van der Waals surface area contributed by atoms with E-state index in [1.54, 1.807) is 25.6 Å². The molecule has 0 atom stereocenters. The van der Waals surface area contributed by atoms with Gasteiger partial charge in [0.05, 0.1) is 20.8 Å². The third-order valence-corrected chi connectivity index (χ3v) is 5.31. The van der Waals surface area contributed by atoms with E-state index in [0.717, 1.165) is 37.8 Å². The number of carbonyl (C=O) groups is 1. The van der Waals surface area contributed by atoms with Gasteiger partial charge in [-0.1, -0.05) is 0 Å². The number of hydrogen-bond acceptors (Lipinski definition) is 7. The molecule has 8 heteroatoms. The van der Waals surface area contributed by atoms with E-state index in [2.05, 4.69) is 15.6 Å². The van der Waals surface area contributed by atoms with Crippen LogP contribution >= 0.6 is 11.3 Å². The molecule has 2 aromatic heterocycles. The highest BCUT2D eigenvalue weighted by atomic mass is 32.1. The van der Waals surface area contributed by atoms with Gasteiger partial charge in [-0.3, -0.25) is 0 Å². The molecule has 0 unspecified atom stereocenters. The van der Waals surface area contributed by atoms with E-state index in [9.17, 15) is 4.79 Å². The van der Waals surface area contributed by atoms with Crippen LogP contribution in [-0.4, -0.2) is 30.9 Å². The molecular weight excluding hydrogens is 402 g/mol. The molecule has 2 N–H and O–H groups in total. The van der Waals surface area contributed by atoms with Crippen molar-refractivity contribution in [2.75, 3.05) is 19.5 Å². The number of anilines is 1. The summed E-state index contributed by atoms with van der Waals surface area (Å²) in [5.41, 5.74) is 0.495. The standard InChI is InChI=1S/C22H27N3O4S/c1-22(2,3)29-21(26)25-13-17-8-15-12-24-20(10-19(15)30-17)23-11-14-6-7-16(27-4)9-18(14)28-5/h6-10,12H,11,13H2,1-5H3,(H,23,24)(H,25,26). The van der Waals surface area contributed by atoms with Crippen molar-refractivity contribution in [2.45, 2.75) is 39.5 Å². The summed E-state index contributed by atoms with van der Waals surface area (Å²) in [6, 6.07) is 9.76. The van der Waals surface area contributed by atoms with Gasteiger partial charge < -0.3 is 24.8 Å². The van der Waals surface area contributed by atoms with E-state index in [4.69, 9.17) is 14.2 Å². The van der Waals surface area contributed by atoms with Crippen LogP contribution in [0.25, 0.3) is 10.1 Å². The van der Waals surface area contributed by atoms with E-state index >= 15 is 0 Å². The summed E-state index contributed by atoms with van der Waals surface area (Å²) in [6.07, 6.45) is 1.41. The molecule has 0 saturated heterocycles. The molecule has 0 saturated carbocycles. The number of methoxy groups -OCH3 is 2. The molecule has 0 radical (unpaired) electrons. The number of aromatic nitrogens is 1. The van der Waals surface area contributed by atoms with Crippen molar-refractivity contribution < 1.29 is 19.0 Å². The van der Waals surface area contributed by atoms with Gasteiger partial charge in [0, 0.05) is 39.3 Å². The maximum Gasteiger partial charge on any atom is 0.407 e. The fraction of sp³-hybridized carbons (Fsp3) is 0.364. The second-order valence-corrected chi connectivity index (χ2v) is 8.88. The third kappa shape index (κ3) is 5.76. The number of carbonyl (C=O) groups excluding carboxylic acids is 1. The van der Waals surface area contributed by atoms with Crippen LogP contribution in [0.3, 0.4) is 0 Å². The first kappa shape index (κ1) is 21.7. The average Bonchev–Trinajstić information content (AvgIpc) is 3.11. The number of amides is 1. The Labute approximate surface area is 180 Å². The van der Waals surface area contributed by atoms with Gasteiger partial charge in [-0.2, -0.15) is 0 Å². The fourth-order valence-corrected chi connectivity index (χ4v) is 3.84. The van der Waals surface area contributed by atoms with Crippen LogP contribution in [0.5, 0.6) is 11.5 Å². The quantitative estimate of drug-likeness (QED) is 0.553. The number of ether oxygens (including phenoxy) is 3. The van der Waals surface area contributed by atoms with Gasteiger partial charge >= 0.3 is 6.09 Å². The van der Waals surface area contributed by atoms with E-state index in [-0.39, 0.29) is 0 Å². The number of nitrogens with zero attached hydrogens (tertiary/aromatic N) is 1. The van der Waals surface area contributed by atoms with Crippen LogP contribution in [0, 0.1) is 0 Å². The number of hydrogen-bond donors (Lipinski definition) is 2. The van der Waals surface area contributed by atoms with E-state index in [1.807, 2.05) is 57.3 Å². The third-order valence-electron chi connectivity index (χ3n) is 4.21. The molecule has 30 heavy (non-hydrogen) atoms. The van der Waals surface area contributed by atoms with Crippen molar-refractivity contribution in [3.63, 3.8) is 0 Å². The second kappa shape index (κ2) is 9.21. The maximum atomic E-state index is 11.8. The Morgan fingerprint density at radius 2 is 1.90 bits per heavy atom. The molecule has 0 aliphatic heterocycles. The Hall–Kier alpha value is -3.00. The topological polar surface area (TPSA) is 81.7 Å². The number of alkyl carbamates (subject to hydrolysis) is 1. The summed E-state index contributed by atoms with van der Waals surface area (Å²) in [7, 11) is 3.27. The van der Waals surface area contributed by atoms with Crippen molar-refractivity contribution in [1.29, 1.82) is 0 Å².